The first-order chi connectivity index (χ1) is 11.1. The van der Waals surface area contributed by atoms with E-state index in [1.807, 2.05) is 24.3 Å². The normalized spacial score (nSPS) is 32.2. The van der Waals surface area contributed by atoms with Crippen LogP contribution in [0.4, 0.5) is 0 Å². The lowest BCUT2D eigenvalue weighted by Gasteiger charge is -2.42. The summed E-state index contributed by atoms with van der Waals surface area (Å²) in [4.78, 5) is 12.4. The molecule has 0 bridgehead atoms. The van der Waals surface area contributed by atoms with E-state index < -0.39 is 6.10 Å². The number of ether oxygens (including phenoxy) is 2. The zero-order chi connectivity index (χ0) is 16.0. The molecule has 1 fully saturated rings. The number of carbonyl (C=O) groups is 1. The van der Waals surface area contributed by atoms with Crippen LogP contribution in [-0.4, -0.2) is 23.8 Å². The van der Waals surface area contributed by atoms with Crippen molar-refractivity contribution in [2.45, 2.75) is 44.6 Å². The second-order valence-corrected chi connectivity index (χ2v) is 6.86. The number of fused-ring (bicyclic) bond motifs is 2. The average Bonchev–Trinajstić information content (AvgIpc) is 3.00. The van der Waals surface area contributed by atoms with Crippen molar-refractivity contribution in [1.82, 2.24) is 0 Å². The van der Waals surface area contributed by atoms with Crippen molar-refractivity contribution in [3.63, 3.8) is 0 Å². The van der Waals surface area contributed by atoms with Crippen LogP contribution in [0.15, 0.2) is 29.8 Å². The van der Waals surface area contributed by atoms with Crippen LogP contribution in [0.1, 0.15) is 44.1 Å². The molecule has 0 unspecified atom stereocenters. The number of aliphatic hydroxyl groups excluding tert-OH is 1. The fraction of sp³-hybridized carbons (Fsp3) is 0.526. The SMILES string of the molecule is CC(=O)[C@@H]1[C@H](c2ccc3c(c2)OCO3)[C@@H](O)C=C2CCCC[C@H]21. The molecule has 1 heterocycles. The van der Waals surface area contributed by atoms with Gasteiger partial charge in [-0.1, -0.05) is 24.1 Å². The largest absolute Gasteiger partial charge is 0.454 e. The van der Waals surface area contributed by atoms with E-state index >= 15 is 0 Å². The number of ketones is 1. The minimum atomic E-state index is -0.617. The molecule has 4 heteroatoms. The molecular formula is C19H22O4. The van der Waals surface area contributed by atoms with Crippen molar-refractivity contribution < 1.29 is 19.4 Å². The van der Waals surface area contributed by atoms with E-state index in [1.165, 1.54) is 5.57 Å². The molecule has 3 aliphatic rings. The highest BCUT2D eigenvalue weighted by Gasteiger charge is 2.43. The van der Waals surface area contributed by atoms with E-state index in [-0.39, 0.29) is 30.3 Å². The summed E-state index contributed by atoms with van der Waals surface area (Å²) in [6, 6.07) is 5.76. The first-order valence-corrected chi connectivity index (χ1v) is 8.44. The average molecular weight is 314 g/mol. The van der Waals surface area contributed by atoms with Crippen molar-refractivity contribution in [2.24, 2.45) is 11.8 Å². The van der Waals surface area contributed by atoms with Crippen LogP contribution in [0.2, 0.25) is 0 Å². The van der Waals surface area contributed by atoms with Gasteiger partial charge in [-0.05, 0) is 49.8 Å². The van der Waals surface area contributed by atoms with Crippen LogP contribution in [0.25, 0.3) is 0 Å². The minimum Gasteiger partial charge on any atom is -0.454 e. The van der Waals surface area contributed by atoms with Crippen LogP contribution >= 0.6 is 0 Å². The summed E-state index contributed by atoms with van der Waals surface area (Å²) in [5, 5.41) is 10.7. The second-order valence-electron chi connectivity index (χ2n) is 6.86. The van der Waals surface area contributed by atoms with E-state index in [4.69, 9.17) is 9.47 Å². The van der Waals surface area contributed by atoms with E-state index in [0.717, 1.165) is 37.0 Å². The van der Waals surface area contributed by atoms with Gasteiger partial charge in [0.15, 0.2) is 11.5 Å². The Hall–Kier alpha value is -1.81. The molecule has 1 aliphatic heterocycles. The number of hydrogen-bond donors (Lipinski definition) is 1. The first kappa shape index (κ1) is 14.8. The molecule has 1 aromatic carbocycles. The highest BCUT2D eigenvalue weighted by molar-refractivity contribution is 5.81. The zero-order valence-corrected chi connectivity index (χ0v) is 13.3. The molecule has 4 rings (SSSR count). The van der Waals surface area contributed by atoms with Gasteiger partial charge in [0.1, 0.15) is 5.78 Å². The van der Waals surface area contributed by atoms with Gasteiger partial charge in [0.05, 0.1) is 6.10 Å². The number of hydrogen-bond acceptors (Lipinski definition) is 4. The van der Waals surface area contributed by atoms with E-state index in [9.17, 15) is 9.90 Å². The number of carbonyl (C=O) groups excluding carboxylic acids is 1. The molecule has 1 N–H and O–H groups in total. The summed E-state index contributed by atoms with van der Waals surface area (Å²) < 4.78 is 10.8. The van der Waals surface area contributed by atoms with Gasteiger partial charge in [-0.25, -0.2) is 0 Å². The van der Waals surface area contributed by atoms with E-state index in [1.54, 1.807) is 6.92 Å². The monoisotopic (exact) mass is 314 g/mol. The second kappa shape index (κ2) is 5.68. The van der Waals surface area contributed by atoms with Crippen LogP contribution in [0.3, 0.4) is 0 Å². The predicted molar refractivity (Wildman–Crippen MR) is 85.5 cm³/mol. The van der Waals surface area contributed by atoms with E-state index in [2.05, 4.69) is 0 Å². The van der Waals surface area contributed by atoms with Crippen molar-refractivity contribution in [3.8, 4) is 11.5 Å². The summed E-state index contributed by atoms with van der Waals surface area (Å²) >= 11 is 0. The van der Waals surface area contributed by atoms with Gasteiger partial charge in [-0.15, -0.1) is 0 Å². The summed E-state index contributed by atoms with van der Waals surface area (Å²) in [5.74, 6) is 1.53. The van der Waals surface area contributed by atoms with Crippen molar-refractivity contribution in [3.05, 3.63) is 35.4 Å². The molecule has 0 saturated heterocycles. The Morgan fingerprint density at radius 1 is 1.22 bits per heavy atom. The van der Waals surface area contributed by atoms with Crippen molar-refractivity contribution in [2.75, 3.05) is 6.79 Å². The fourth-order valence-corrected chi connectivity index (χ4v) is 4.53. The number of allylic oxidation sites excluding steroid dienone is 1. The molecule has 4 nitrogen and oxygen atoms in total. The van der Waals surface area contributed by atoms with Crippen molar-refractivity contribution in [1.29, 1.82) is 0 Å². The fourth-order valence-electron chi connectivity index (χ4n) is 4.53. The Balaban J connectivity index is 1.76. The molecule has 2 aliphatic carbocycles. The number of aliphatic hydroxyl groups is 1. The van der Waals surface area contributed by atoms with Gasteiger partial charge < -0.3 is 14.6 Å². The standard InChI is InChI=1S/C19H22O4/c1-11(20)18-14-5-3-2-4-12(14)8-15(21)19(18)13-6-7-16-17(9-13)23-10-22-16/h6-9,14-15,18-19,21H,2-5,10H2,1H3/t14-,15+,18+,19-/m1/s1. The third kappa shape index (κ3) is 2.45. The Kier molecular flexibility index (Phi) is 3.64. The highest BCUT2D eigenvalue weighted by Crippen LogP contribution is 2.48. The molecule has 0 amide bonds. The van der Waals surface area contributed by atoms with Crippen LogP contribution < -0.4 is 9.47 Å². The van der Waals surface area contributed by atoms with Gasteiger partial charge in [0, 0.05) is 11.8 Å². The molecule has 4 atom stereocenters. The van der Waals surface area contributed by atoms with Gasteiger partial charge in [0.25, 0.3) is 0 Å². The van der Waals surface area contributed by atoms with Crippen LogP contribution in [0.5, 0.6) is 11.5 Å². The predicted octanol–water partition coefficient (Wildman–Crippen LogP) is 3.20. The first-order valence-electron chi connectivity index (χ1n) is 8.44. The van der Waals surface area contributed by atoms with Gasteiger partial charge in [-0.2, -0.15) is 0 Å². The maximum absolute atomic E-state index is 12.4. The molecule has 23 heavy (non-hydrogen) atoms. The minimum absolute atomic E-state index is 0.148. The number of Topliss-reactive ketones (excluding diaryl/α,β-unsaturated/α-hetero) is 1. The molecule has 1 aromatic rings. The quantitative estimate of drug-likeness (QED) is 0.852. The van der Waals surface area contributed by atoms with E-state index in [0.29, 0.717) is 5.75 Å². The van der Waals surface area contributed by atoms with Crippen LogP contribution in [0, 0.1) is 11.8 Å². The summed E-state index contributed by atoms with van der Waals surface area (Å²) in [7, 11) is 0. The molecule has 0 spiro atoms. The third-order valence-electron chi connectivity index (χ3n) is 5.53. The Bertz CT molecular complexity index is 663. The Morgan fingerprint density at radius 3 is 2.87 bits per heavy atom. The Morgan fingerprint density at radius 2 is 2.04 bits per heavy atom. The maximum atomic E-state index is 12.4. The van der Waals surface area contributed by atoms with Gasteiger partial charge >= 0.3 is 0 Å². The lowest BCUT2D eigenvalue weighted by atomic mass is 9.63. The maximum Gasteiger partial charge on any atom is 0.231 e. The van der Waals surface area contributed by atoms with Gasteiger partial charge in [-0.3, -0.25) is 4.79 Å². The molecule has 1 saturated carbocycles. The lowest BCUT2D eigenvalue weighted by Crippen LogP contribution is -2.40. The number of rotatable bonds is 2. The topological polar surface area (TPSA) is 55.8 Å². The van der Waals surface area contributed by atoms with Gasteiger partial charge in [0.2, 0.25) is 6.79 Å². The third-order valence-corrected chi connectivity index (χ3v) is 5.53. The summed E-state index contributed by atoms with van der Waals surface area (Å²) in [6.45, 7) is 1.89. The summed E-state index contributed by atoms with van der Waals surface area (Å²) in [5.41, 5.74) is 2.24. The van der Waals surface area contributed by atoms with Crippen LogP contribution in [-0.2, 0) is 4.79 Å². The zero-order valence-electron chi connectivity index (χ0n) is 13.3. The molecular weight excluding hydrogens is 292 g/mol. The molecule has 0 aromatic heterocycles. The number of benzene rings is 1. The molecule has 0 radical (unpaired) electrons. The summed E-state index contributed by atoms with van der Waals surface area (Å²) in [6.07, 6.45) is 5.76. The lowest BCUT2D eigenvalue weighted by molar-refractivity contribution is -0.124. The molecule has 122 valence electrons. The Labute approximate surface area is 136 Å². The smallest absolute Gasteiger partial charge is 0.231 e. The highest BCUT2D eigenvalue weighted by atomic mass is 16.7. The van der Waals surface area contributed by atoms with Crippen molar-refractivity contribution >= 4 is 5.78 Å².